The Morgan fingerprint density at radius 2 is 2.00 bits per heavy atom. The van der Waals surface area contributed by atoms with Gasteiger partial charge in [0, 0.05) is 45.0 Å². The molecule has 41 heavy (non-hydrogen) atoms. The molecule has 4 aromatic rings. The van der Waals surface area contributed by atoms with Gasteiger partial charge in [0.25, 0.3) is 5.91 Å². The number of hydrogen-bond acceptors (Lipinski definition) is 6. The van der Waals surface area contributed by atoms with E-state index in [4.69, 9.17) is 4.98 Å². The summed E-state index contributed by atoms with van der Waals surface area (Å²) in [4.78, 5) is 24.3. The van der Waals surface area contributed by atoms with Gasteiger partial charge >= 0.3 is 0 Å². The maximum atomic E-state index is 13.6. The van der Waals surface area contributed by atoms with Gasteiger partial charge in [0.2, 0.25) is 0 Å². The van der Waals surface area contributed by atoms with E-state index in [-0.39, 0.29) is 11.3 Å². The van der Waals surface area contributed by atoms with Crippen LogP contribution < -0.4 is 5.32 Å². The molecular formula is C32H38N8O. The summed E-state index contributed by atoms with van der Waals surface area (Å²) in [6.07, 6.45) is 7.12. The molecule has 1 saturated heterocycles. The van der Waals surface area contributed by atoms with Crippen LogP contribution in [0.1, 0.15) is 72.5 Å². The largest absolute Gasteiger partial charge is 0.359 e. The standard InChI is InChI=1S/C32H38N8O/c1-20-10-21(2)17-40(16-20)18-24-11-27(37-28-22(3)15-34-29(24)28)30(41)36-26-7-5-6-25(12-26)32(13-23(14-32)8-9-33)31-38-35-19-39(31)4/h5-7,11-12,15,19-21,23,34H,8,10,13-14,16-18H2,1-4H3,(H,36,41)/t20-,21+,23?,32?. The molecule has 0 unspecified atom stereocenters. The molecule has 1 saturated carbocycles. The minimum absolute atomic E-state index is 0.227. The first-order valence-electron chi connectivity index (χ1n) is 14.6. The molecule has 4 heterocycles. The van der Waals surface area contributed by atoms with Gasteiger partial charge in [-0.25, -0.2) is 4.98 Å². The Kier molecular flexibility index (Phi) is 7.12. The van der Waals surface area contributed by atoms with Gasteiger partial charge in [0.15, 0.2) is 0 Å². The lowest BCUT2D eigenvalue weighted by Crippen LogP contribution is -2.44. The van der Waals surface area contributed by atoms with E-state index >= 15 is 0 Å². The maximum Gasteiger partial charge on any atom is 0.274 e. The van der Waals surface area contributed by atoms with Gasteiger partial charge in [-0.2, -0.15) is 5.26 Å². The van der Waals surface area contributed by atoms with Crippen LogP contribution in [0.5, 0.6) is 0 Å². The van der Waals surface area contributed by atoms with Crippen LogP contribution >= 0.6 is 0 Å². The van der Waals surface area contributed by atoms with E-state index in [1.165, 1.54) is 6.42 Å². The molecule has 2 atom stereocenters. The zero-order valence-corrected chi connectivity index (χ0v) is 24.3. The first-order chi connectivity index (χ1) is 19.8. The van der Waals surface area contributed by atoms with E-state index in [1.54, 1.807) is 6.33 Å². The van der Waals surface area contributed by atoms with Crippen molar-refractivity contribution in [2.24, 2.45) is 24.8 Å². The number of fused-ring (bicyclic) bond motifs is 1. The number of benzene rings is 1. The highest BCUT2D eigenvalue weighted by Gasteiger charge is 2.49. The third-order valence-corrected chi connectivity index (χ3v) is 8.95. The van der Waals surface area contributed by atoms with E-state index in [9.17, 15) is 10.1 Å². The quantitative estimate of drug-likeness (QED) is 0.321. The maximum absolute atomic E-state index is 13.6. The normalized spacial score (nSPS) is 24.6. The van der Waals surface area contributed by atoms with Crippen molar-refractivity contribution in [1.29, 1.82) is 5.26 Å². The highest BCUT2D eigenvalue weighted by atomic mass is 16.1. The number of hydrogen-bond donors (Lipinski definition) is 2. The van der Waals surface area contributed by atoms with Crippen molar-refractivity contribution in [3.63, 3.8) is 0 Å². The lowest BCUT2D eigenvalue weighted by atomic mass is 9.57. The average Bonchev–Trinajstić information content (AvgIpc) is 3.51. The summed E-state index contributed by atoms with van der Waals surface area (Å²) in [7, 11) is 1.95. The van der Waals surface area contributed by atoms with Crippen molar-refractivity contribution in [3.05, 3.63) is 71.1 Å². The number of piperidine rings is 1. The van der Waals surface area contributed by atoms with Gasteiger partial charge in [-0.05, 0) is 78.8 Å². The number of H-pyrrole nitrogens is 1. The van der Waals surface area contributed by atoms with Crippen LogP contribution in [0.15, 0.2) is 42.9 Å². The van der Waals surface area contributed by atoms with Gasteiger partial charge in [0.1, 0.15) is 17.8 Å². The molecule has 0 bridgehead atoms. The zero-order valence-electron chi connectivity index (χ0n) is 24.3. The molecular weight excluding hydrogens is 512 g/mol. The van der Waals surface area contributed by atoms with Gasteiger partial charge in [-0.15, -0.1) is 10.2 Å². The molecule has 1 aliphatic carbocycles. The first kappa shape index (κ1) is 27.2. The first-order valence-corrected chi connectivity index (χ1v) is 14.6. The van der Waals surface area contributed by atoms with Crippen molar-refractivity contribution in [1.82, 2.24) is 29.6 Å². The fraction of sp³-hybridized carbons (Fsp3) is 0.469. The molecule has 3 aromatic heterocycles. The van der Waals surface area contributed by atoms with Crippen molar-refractivity contribution >= 4 is 22.6 Å². The summed E-state index contributed by atoms with van der Waals surface area (Å²) in [6, 6.07) is 12.3. The number of aryl methyl sites for hydroxylation is 2. The zero-order chi connectivity index (χ0) is 28.7. The van der Waals surface area contributed by atoms with Crippen LogP contribution in [0.4, 0.5) is 5.69 Å². The number of pyridine rings is 1. The second-order valence-corrected chi connectivity index (χ2v) is 12.5. The Balaban J connectivity index is 1.28. The molecule has 2 N–H and O–H groups in total. The van der Waals surface area contributed by atoms with Gasteiger partial charge in [0.05, 0.1) is 22.5 Å². The highest BCUT2D eigenvalue weighted by Crippen LogP contribution is 2.53. The third-order valence-electron chi connectivity index (χ3n) is 8.95. The molecule has 2 aliphatic rings. The number of amides is 1. The lowest BCUT2D eigenvalue weighted by molar-refractivity contribution is 0.102. The average molecular weight is 551 g/mol. The number of anilines is 1. The molecule has 9 heteroatoms. The van der Waals surface area contributed by atoms with Crippen LogP contribution in [0, 0.1) is 36.0 Å². The van der Waals surface area contributed by atoms with Gasteiger partial charge < -0.3 is 14.9 Å². The summed E-state index contributed by atoms with van der Waals surface area (Å²) >= 11 is 0. The minimum atomic E-state index is -0.331. The molecule has 1 aliphatic heterocycles. The van der Waals surface area contributed by atoms with Crippen LogP contribution in [-0.2, 0) is 19.0 Å². The van der Waals surface area contributed by atoms with E-state index < -0.39 is 0 Å². The Morgan fingerprint density at radius 1 is 1.22 bits per heavy atom. The van der Waals surface area contributed by atoms with E-state index in [1.807, 2.05) is 49.0 Å². The number of carbonyl (C=O) groups excluding carboxylic acids is 1. The number of rotatable bonds is 7. The Morgan fingerprint density at radius 3 is 2.71 bits per heavy atom. The van der Waals surface area contributed by atoms with Crippen LogP contribution in [0.25, 0.3) is 11.0 Å². The molecule has 1 amide bonds. The monoisotopic (exact) mass is 550 g/mol. The predicted octanol–water partition coefficient (Wildman–Crippen LogP) is 5.34. The second kappa shape index (κ2) is 10.7. The van der Waals surface area contributed by atoms with Gasteiger partial charge in [-0.1, -0.05) is 26.0 Å². The van der Waals surface area contributed by atoms with Crippen LogP contribution in [0.2, 0.25) is 0 Å². The summed E-state index contributed by atoms with van der Waals surface area (Å²) in [5, 5.41) is 20.9. The number of nitrogens with one attached hydrogen (secondary N) is 2. The molecule has 2 fully saturated rings. The Labute approximate surface area is 241 Å². The van der Waals surface area contributed by atoms with Crippen molar-refractivity contribution in [2.45, 2.75) is 58.4 Å². The van der Waals surface area contributed by atoms with Crippen molar-refractivity contribution in [2.75, 3.05) is 18.4 Å². The Bertz CT molecular complexity index is 1610. The molecule has 212 valence electrons. The number of likely N-dealkylation sites (tertiary alicyclic amines) is 1. The molecule has 6 rings (SSSR count). The van der Waals surface area contributed by atoms with Crippen LogP contribution in [-0.4, -0.2) is 48.6 Å². The van der Waals surface area contributed by atoms with E-state index in [0.29, 0.717) is 35.6 Å². The Hall–Kier alpha value is -4.03. The molecule has 9 nitrogen and oxygen atoms in total. The van der Waals surface area contributed by atoms with E-state index in [0.717, 1.165) is 66.0 Å². The second-order valence-electron chi connectivity index (χ2n) is 12.5. The summed E-state index contributed by atoms with van der Waals surface area (Å²) in [5.74, 6) is 2.30. The van der Waals surface area contributed by atoms with Crippen molar-refractivity contribution < 1.29 is 4.79 Å². The number of nitriles is 1. The summed E-state index contributed by atoms with van der Waals surface area (Å²) < 4.78 is 1.96. The summed E-state index contributed by atoms with van der Waals surface area (Å²) in [6.45, 7) is 9.56. The number of carbonyl (C=O) groups is 1. The number of nitrogens with zero attached hydrogens (tertiary/aromatic N) is 6. The number of aromatic amines is 1. The SMILES string of the molecule is Cc1c[nH]c2c(CN3C[C@H](C)C[C@H](C)C3)cc(C(=O)Nc3cccc(C4(c5nncn5C)CC(CC#N)C4)c3)nc12. The summed E-state index contributed by atoms with van der Waals surface area (Å²) in [5.41, 5.74) is 5.85. The highest BCUT2D eigenvalue weighted by molar-refractivity contribution is 6.04. The fourth-order valence-electron chi connectivity index (χ4n) is 7.25. The van der Waals surface area contributed by atoms with Crippen LogP contribution in [0.3, 0.4) is 0 Å². The van der Waals surface area contributed by atoms with E-state index in [2.05, 4.69) is 51.4 Å². The molecule has 0 radical (unpaired) electrons. The fourth-order valence-corrected chi connectivity index (χ4v) is 7.25. The van der Waals surface area contributed by atoms with Gasteiger partial charge in [-0.3, -0.25) is 9.69 Å². The number of aromatic nitrogens is 5. The lowest BCUT2D eigenvalue weighted by Gasteiger charge is -2.46. The topological polar surface area (TPSA) is 116 Å². The third kappa shape index (κ3) is 5.13. The molecule has 0 spiro atoms. The predicted molar refractivity (Wildman–Crippen MR) is 158 cm³/mol. The molecule has 1 aromatic carbocycles. The minimum Gasteiger partial charge on any atom is -0.359 e. The smallest absolute Gasteiger partial charge is 0.274 e. The van der Waals surface area contributed by atoms with Crippen molar-refractivity contribution in [3.8, 4) is 6.07 Å².